The van der Waals surface area contributed by atoms with E-state index in [2.05, 4.69) is 16.8 Å². The maximum Gasteiger partial charge on any atom is 0.0899 e. The van der Waals surface area contributed by atoms with E-state index in [-0.39, 0.29) is 0 Å². The lowest BCUT2D eigenvalue weighted by atomic mass is 10.2. The zero-order valence-corrected chi connectivity index (χ0v) is 7.64. The normalized spacial score (nSPS) is 21.0. The second-order valence-electron chi connectivity index (χ2n) is 3.36. The zero-order valence-electron chi connectivity index (χ0n) is 7.64. The number of hydrogen-bond donors (Lipinski definition) is 1. The molecule has 1 atom stereocenters. The average molecular weight is 175 g/mol. The minimum atomic E-state index is 0.390. The van der Waals surface area contributed by atoms with Crippen molar-refractivity contribution in [2.75, 3.05) is 17.2 Å². The molecule has 1 heterocycles. The van der Waals surface area contributed by atoms with Crippen LogP contribution in [0.1, 0.15) is 6.92 Å². The van der Waals surface area contributed by atoms with Crippen molar-refractivity contribution in [1.82, 2.24) is 0 Å². The summed E-state index contributed by atoms with van der Waals surface area (Å²) < 4.78 is 0. The van der Waals surface area contributed by atoms with Crippen LogP contribution in [0.5, 0.6) is 0 Å². The van der Waals surface area contributed by atoms with Gasteiger partial charge in [-0.25, -0.2) is 0 Å². The smallest absolute Gasteiger partial charge is 0.0899 e. The molecule has 0 radical (unpaired) electrons. The van der Waals surface area contributed by atoms with E-state index < -0.39 is 0 Å². The molecule has 1 aromatic rings. The lowest BCUT2D eigenvalue weighted by molar-refractivity contribution is 0.795. The number of anilines is 2. The van der Waals surface area contributed by atoms with E-state index >= 15 is 0 Å². The summed E-state index contributed by atoms with van der Waals surface area (Å²) in [6, 6.07) is 8.24. The molecule has 1 aromatic carbocycles. The molecule has 0 fully saturated rings. The van der Waals surface area contributed by atoms with Crippen LogP contribution in [0.2, 0.25) is 0 Å². The van der Waals surface area contributed by atoms with Crippen molar-refractivity contribution in [2.24, 2.45) is 4.99 Å². The van der Waals surface area contributed by atoms with Crippen molar-refractivity contribution in [3.8, 4) is 0 Å². The van der Waals surface area contributed by atoms with Gasteiger partial charge in [-0.1, -0.05) is 6.07 Å². The van der Waals surface area contributed by atoms with E-state index in [0.717, 1.165) is 17.9 Å². The van der Waals surface area contributed by atoms with Gasteiger partial charge in [0.2, 0.25) is 0 Å². The molecule has 0 saturated heterocycles. The first-order valence-electron chi connectivity index (χ1n) is 4.41. The summed E-state index contributed by atoms with van der Waals surface area (Å²) in [5.41, 5.74) is 7.61. The first kappa shape index (κ1) is 8.10. The van der Waals surface area contributed by atoms with Crippen LogP contribution in [0.3, 0.4) is 0 Å². The highest BCUT2D eigenvalue weighted by atomic mass is 15.2. The predicted molar refractivity (Wildman–Crippen MR) is 56.2 cm³/mol. The minimum absolute atomic E-state index is 0.390. The van der Waals surface area contributed by atoms with Gasteiger partial charge >= 0.3 is 0 Å². The maximum absolute atomic E-state index is 5.69. The number of hydrogen-bond acceptors (Lipinski definition) is 3. The minimum Gasteiger partial charge on any atom is -0.399 e. The van der Waals surface area contributed by atoms with Gasteiger partial charge in [0.25, 0.3) is 0 Å². The lowest BCUT2D eigenvalue weighted by Gasteiger charge is -2.15. The van der Waals surface area contributed by atoms with E-state index in [1.54, 1.807) is 0 Å². The van der Waals surface area contributed by atoms with Gasteiger partial charge in [0, 0.05) is 17.9 Å². The van der Waals surface area contributed by atoms with Crippen molar-refractivity contribution in [3.05, 3.63) is 24.3 Å². The molecule has 2 N–H and O–H groups in total. The molecule has 68 valence electrons. The highest BCUT2D eigenvalue weighted by molar-refractivity contribution is 5.82. The van der Waals surface area contributed by atoms with Crippen LogP contribution in [0.25, 0.3) is 0 Å². The second-order valence-corrected chi connectivity index (χ2v) is 3.36. The van der Waals surface area contributed by atoms with Crippen molar-refractivity contribution in [1.29, 1.82) is 0 Å². The summed E-state index contributed by atoms with van der Waals surface area (Å²) in [6.07, 6.45) is 1.87. The van der Waals surface area contributed by atoms with Crippen LogP contribution in [-0.2, 0) is 0 Å². The Morgan fingerprint density at radius 3 is 3.00 bits per heavy atom. The lowest BCUT2D eigenvalue weighted by Crippen LogP contribution is -2.21. The maximum atomic E-state index is 5.69. The standard InChI is InChI=1S/C10H13N3/c1-8-6-13(7-12-8)10-4-2-3-9(11)5-10/h2-5,7-8H,6,11H2,1H3. The molecule has 0 saturated carbocycles. The number of nitrogen functional groups attached to an aromatic ring is 1. The summed E-state index contributed by atoms with van der Waals surface area (Å²) in [6.45, 7) is 3.05. The van der Waals surface area contributed by atoms with Crippen LogP contribution in [0.15, 0.2) is 29.3 Å². The van der Waals surface area contributed by atoms with E-state index in [1.807, 2.05) is 30.6 Å². The molecule has 2 rings (SSSR count). The van der Waals surface area contributed by atoms with Gasteiger partial charge in [0.15, 0.2) is 0 Å². The van der Waals surface area contributed by atoms with Crippen LogP contribution in [-0.4, -0.2) is 18.9 Å². The molecule has 0 bridgehead atoms. The average Bonchev–Trinajstić information content (AvgIpc) is 2.52. The van der Waals surface area contributed by atoms with Gasteiger partial charge in [-0.15, -0.1) is 0 Å². The van der Waals surface area contributed by atoms with E-state index in [9.17, 15) is 0 Å². The van der Waals surface area contributed by atoms with Crippen LogP contribution in [0, 0.1) is 0 Å². The van der Waals surface area contributed by atoms with Crippen LogP contribution >= 0.6 is 0 Å². The quantitative estimate of drug-likeness (QED) is 0.657. The van der Waals surface area contributed by atoms with Gasteiger partial charge in [0.1, 0.15) is 0 Å². The molecule has 13 heavy (non-hydrogen) atoms. The number of rotatable bonds is 1. The number of nitrogens with zero attached hydrogens (tertiary/aromatic N) is 2. The number of benzene rings is 1. The fourth-order valence-electron chi connectivity index (χ4n) is 1.45. The Bertz CT molecular complexity index is 333. The highest BCUT2D eigenvalue weighted by Crippen LogP contribution is 2.19. The molecule has 0 aromatic heterocycles. The number of nitrogens with two attached hydrogens (primary N) is 1. The van der Waals surface area contributed by atoms with E-state index in [0.29, 0.717) is 6.04 Å². The molecule has 1 unspecified atom stereocenters. The number of aliphatic imine (C=N–C) groups is 1. The fourth-order valence-corrected chi connectivity index (χ4v) is 1.45. The predicted octanol–water partition coefficient (Wildman–Crippen LogP) is 1.51. The van der Waals surface area contributed by atoms with Gasteiger partial charge in [-0.2, -0.15) is 0 Å². The highest BCUT2D eigenvalue weighted by Gasteiger charge is 2.13. The van der Waals surface area contributed by atoms with Gasteiger partial charge in [-0.3, -0.25) is 4.99 Å². The fraction of sp³-hybridized carbons (Fsp3) is 0.300. The molecule has 1 aliphatic heterocycles. The van der Waals surface area contributed by atoms with Crippen molar-refractivity contribution >= 4 is 17.7 Å². The Labute approximate surface area is 77.9 Å². The summed E-state index contributed by atoms with van der Waals surface area (Å²) >= 11 is 0. The first-order chi connectivity index (χ1) is 6.25. The summed E-state index contributed by atoms with van der Waals surface area (Å²) in [5, 5.41) is 0. The molecule has 3 nitrogen and oxygen atoms in total. The van der Waals surface area contributed by atoms with Crippen LogP contribution in [0.4, 0.5) is 11.4 Å². The molecule has 0 spiro atoms. The topological polar surface area (TPSA) is 41.6 Å². The monoisotopic (exact) mass is 175 g/mol. The van der Waals surface area contributed by atoms with Crippen LogP contribution < -0.4 is 10.6 Å². The Kier molecular flexibility index (Phi) is 1.93. The molecule has 0 aliphatic carbocycles. The molecule has 1 aliphatic rings. The Morgan fingerprint density at radius 1 is 1.54 bits per heavy atom. The molecule has 0 amide bonds. The van der Waals surface area contributed by atoms with E-state index in [4.69, 9.17) is 5.73 Å². The first-order valence-corrected chi connectivity index (χ1v) is 4.41. The van der Waals surface area contributed by atoms with Gasteiger partial charge < -0.3 is 10.6 Å². The Morgan fingerprint density at radius 2 is 2.38 bits per heavy atom. The third-order valence-corrected chi connectivity index (χ3v) is 2.12. The van der Waals surface area contributed by atoms with Crippen molar-refractivity contribution in [3.63, 3.8) is 0 Å². The van der Waals surface area contributed by atoms with Gasteiger partial charge in [-0.05, 0) is 25.1 Å². The molecular weight excluding hydrogens is 162 g/mol. The summed E-state index contributed by atoms with van der Waals surface area (Å²) in [7, 11) is 0. The second kappa shape index (κ2) is 3.09. The SMILES string of the molecule is CC1CN(c2cccc(N)c2)C=N1. The summed E-state index contributed by atoms with van der Waals surface area (Å²) in [5.74, 6) is 0. The van der Waals surface area contributed by atoms with Crippen molar-refractivity contribution < 1.29 is 0 Å². The Balaban J connectivity index is 2.22. The third-order valence-electron chi connectivity index (χ3n) is 2.12. The van der Waals surface area contributed by atoms with E-state index in [1.165, 1.54) is 0 Å². The molecular formula is C10H13N3. The summed E-state index contributed by atoms with van der Waals surface area (Å²) in [4.78, 5) is 6.40. The Hall–Kier alpha value is -1.51. The third kappa shape index (κ3) is 1.64. The molecule has 3 heteroatoms. The largest absolute Gasteiger partial charge is 0.399 e. The van der Waals surface area contributed by atoms with Crippen molar-refractivity contribution in [2.45, 2.75) is 13.0 Å². The zero-order chi connectivity index (χ0) is 9.26. The van der Waals surface area contributed by atoms with Gasteiger partial charge in [0.05, 0.1) is 12.4 Å².